The number of aromatic nitrogens is 1. The fourth-order valence-electron chi connectivity index (χ4n) is 2.44. The number of hydrogen-bond donors (Lipinski definition) is 1. The number of hydrogen-bond acceptors (Lipinski definition) is 5. The van der Waals surface area contributed by atoms with E-state index in [-0.39, 0.29) is 0 Å². The van der Waals surface area contributed by atoms with Crippen molar-refractivity contribution in [3.63, 3.8) is 0 Å². The first-order valence-corrected chi connectivity index (χ1v) is 9.53. The van der Waals surface area contributed by atoms with Gasteiger partial charge in [-0.2, -0.15) is 12.6 Å². The molecule has 0 aliphatic heterocycles. The number of thiazole rings is 1. The fraction of sp³-hybridized carbons (Fsp3) is 0.438. The van der Waals surface area contributed by atoms with Crippen molar-refractivity contribution in [2.24, 2.45) is 5.92 Å². The van der Waals surface area contributed by atoms with Gasteiger partial charge in [0.25, 0.3) is 0 Å². The second kappa shape index (κ2) is 6.55. The molecule has 0 fully saturated rings. The Kier molecular flexibility index (Phi) is 4.72. The highest BCUT2D eigenvalue weighted by molar-refractivity contribution is 7.80. The maximum atomic E-state index is 6.07. The predicted molar refractivity (Wildman–Crippen MR) is 97.5 cm³/mol. The molecule has 2 nitrogen and oxygen atoms in total. The molecule has 0 aliphatic carbocycles. The zero-order chi connectivity index (χ0) is 14.8. The van der Waals surface area contributed by atoms with Crippen molar-refractivity contribution in [1.29, 1.82) is 0 Å². The minimum Gasteiger partial charge on any atom is -0.493 e. The third-order valence-corrected chi connectivity index (χ3v) is 5.76. The Morgan fingerprint density at radius 1 is 1.38 bits per heavy atom. The van der Waals surface area contributed by atoms with Crippen molar-refractivity contribution in [2.45, 2.75) is 26.7 Å². The summed E-state index contributed by atoms with van der Waals surface area (Å²) in [5.74, 6) is 2.61. The summed E-state index contributed by atoms with van der Waals surface area (Å²) in [7, 11) is 0. The summed E-state index contributed by atoms with van der Waals surface area (Å²) in [6.07, 6.45) is 2.22. The van der Waals surface area contributed by atoms with Crippen LogP contribution in [0, 0.1) is 12.8 Å². The lowest BCUT2D eigenvalue weighted by atomic mass is 10.1. The smallest absolute Gasteiger partial charge is 0.129 e. The number of nitrogens with zero attached hydrogens (tertiary/aromatic N) is 1. The van der Waals surface area contributed by atoms with Crippen LogP contribution in [-0.4, -0.2) is 17.3 Å². The topological polar surface area (TPSA) is 22.1 Å². The van der Waals surface area contributed by atoms with Gasteiger partial charge in [-0.05, 0) is 42.9 Å². The van der Waals surface area contributed by atoms with Gasteiger partial charge in [0.2, 0.25) is 0 Å². The zero-order valence-corrected chi connectivity index (χ0v) is 14.8. The van der Waals surface area contributed by atoms with E-state index in [2.05, 4.69) is 49.0 Å². The Balaban J connectivity index is 1.85. The summed E-state index contributed by atoms with van der Waals surface area (Å²) in [6, 6.07) is 4.29. The lowest BCUT2D eigenvalue weighted by molar-refractivity contribution is 0.285. The monoisotopic (exact) mass is 337 g/mol. The molecule has 0 amide bonds. The molecule has 0 N–H and O–H groups in total. The number of thiophene rings is 1. The average Bonchev–Trinajstić information content (AvgIpc) is 3.04. The van der Waals surface area contributed by atoms with Crippen LogP contribution in [0.2, 0.25) is 0 Å². The lowest BCUT2D eigenvalue weighted by Crippen LogP contribution is -2.04. The van der Waals surface area contributed by atoms with Gasteiger partial charge in [0, 0.05) is 11.5 Å². The van der Waals surface area contributed by atoms with E-state index in [4.69, 9.17) is 4.74 Å². The Bertz CT molecular complexity index is 746. The van der Waals surface area contributed by atoms with Gasteiger partial charge in [0.1, 0.15) is 5.75 Å². The lowest BCUT2D eigenvalue weighted by Gasteiger charge is -2.12. The molecule has 1 unspecified atom stereocenters. The van der Waals surface area contributed by atoms with Crippen LogP contribution < -0.4 is 4.74 Å². The van der Waals surface area contributed by atoms with Crippen molar-refractivity contribution in [2.75, 3.05) is 12.4 Å². The zero-order valence-electron chi connectivity index (χ0n) is 12.3. The highest BCUT2D eigenvalue weighted by Crippen LogP contribution is 2.38. The van der Waals surface area contributed by atoms with Crippen LogP contribution in [0.5, 0.6) is 5.75 Å². The van der Waals surface area contributed by atoms with Crippen molar-refractivity contribution >= 4 is 55.6 Å². The minimum absolute atomic E-state index is 0.662. The maximum absolute atomic E-state index is 6.07. The summed E-state index contributed by atoms with van der Waals surface area (Å²) >= 11 is 7.77. The Morgan fingerprint density at radius 2 is 2.24 bits per heavy atom. The van der Waals surface area contributed by atoms with Crippen LogP contribution in [0.1, 0.15) is 24.8 Å². The first kappa shape index (κ1) is 15.1. The molecule has 112 valence electrons. The van der Waals surface area contributed by atoms with Gasteiger partial charge >= 0.3 is 0 Å². The number of aryl methyl sites for hydroxylation is 1. The molecule has 0 aliphatic rings. The SMILES string of the molecule is Cc1nc2c(cc(OCCC(C)CCS)c3ccsc32)s1. The van der Waals surface area contributed by atoms with Gasteiger partial charge < -0.3 is 4.74 Å². The van der Waals surface area contributed by atoms with Crippen molar-refractivity contribution in [3.05, 3.63) is 22.5 Å². The molecule has 2 aromatic heterocycles. The van der Waals surface area contributed by atoms with E-state index in [0.717, 1.165) is 41.5 Å². The van der Waals surface area contributed by atoms with Crippen molar-refractivity contribution < 1.29 is 4.74 Å². The van der Waals surface area contributed by atoms with Crippen molar-refractivity contribution in [3.8, 4) is 5.75 Å². The molecule has 3 rings (SSSR count). The Hall–Kier alpha value is -0.780. The first-order chi connectivity index (χ1) is 10.2. The Morgan fingerprint density at radius 3 is 3.05 bits per heavy atom. The molecule has 0 bridgehead atoms. The molecule has 21 heavy (non-hydrogen) atoms. The summed E-state index contributed by atoms with van der Waals surface area (Å²) in [5, 5.41) is 4.42. The summed E-state index contributed by atoms with van der Waals surface area (Å²) in [5.41, 5.74) is 1.12. The highest BCUT2D eigenvalue weighted by Gasteiger charge is 2.12. The van der Waals surface area contributed by atoms with Crippen LogP contribution in [0.4, 0.5) is 0 Å². The molecule has 0 spiro atoms. The van der Waals surface area contributed by atoms with Crippen LogP contribution in [0.15, 0.2) is 17.5 Å². The third kappa shape index (κ3) is 3.20. The van der Waals surface area contributed by atoms with E-state index >= 15 is 0 Å². The molecule has 3 aromatic rings. The van der Waals surface area contributed by atoms with Crippen LogP contribution in [0.25, 0.3) is 20.3 Å². The maximum Gasteiger partial charge on any atom is 0.129 e. The summed E-state index contributed by atoms with van der Waals surface area (Å²) < 4.78 is 8.54. The van der Waals surface area contributed by atoms with E-state index in [1.807, 2.05) is 0 Å². The van der Waals surface area contributed by atoms with E-state index in [9.17, 15) is 0 Å². The van der Waals surface area contributed by atoms with E-state index in [0.29, 0.717) is 5.92 Å². The molecule has 1 aromatic carbocycles. The van der Waals surface area contributed by atoms with E-state index in [1.165, 1.54) is 14.8 Å². The number of thiol groups is 1. The second-order valence-corrected chi connectivity index (χ2v) is 7.97. The average molecular weight is 338 g/mol. The summed E-state index contributed by atoms with van der Waals surface area (Å²) in [6.45, 7) is 5.09. The molecule has 1 atom stereocenters. The van der Waals surface area contributed by atoms with Gasteiger partial charge in [-0.3, -0.25) is 0 Å². The molecular weight excluding hydrogens is 318 g/mol. The summed E-state index contributed by atoms with van der Waals surface area (Å²) in [4.78, 5) is 4.65. The molecule has 5 heteroatoms. The largest absolute Gasteiger partial charge is 0.493 e. The minimum atomic E-state index is 0.662. The normalized spacial score (nSPS) is 13.1. The number of fused-ring (bicyclic) bond motifs is 3. The van der Waals surface area contributed by atoms with E-state index < -0.39 is 0 Å². The third-order valence-electron chi connectivity index (χ3n) is 3.66. The van der Waals surface area contributed by atoms with Gasteiger partial charge in [0.05, 0.1) is 26.5 Å². The molecule has 0 saturated carbocycles. The van der Waals surface area contributed by atoms with E-state index in [1.54, 1.807) is 22.7 Å². The first-order valence-electron chi connectivity index (χ1n) is 7.20. The predicted octanol–water partition coefficient (Wildman–Crippen LogP) is 5.54. The molecule has 0 saturated heterocycles. The van der Waals surface area contributed by atoms with Crippen LogP contribution in [-0.2, 0) is 0 Å². The molecular formula is C16H19NOS3. The number of ether oxygens (including phenoxy) is 1. The molecule has 2 heterocycles. The van der Waals surface area contributed by atoms with Gasteiger partial charge in [-0.1, -0.05) is 6.92 Å². The number of rotatable bonds is 6. The Labute approximate surface area is 138 Å². The fourth-order valence-corrected chi connectivity index (χ4v) is 4.71. The standard InChI is InChI=1S/C16H19NOS3/c1-10(4-7-19)3-6-18-13-9-14-15(17-11(2)21-14)16-12(13)5-8-20-16/h5,8-10,19H,3-4,6-7H2,1-2H3. The van der Waals surface area contributed by atoms with Gasteiger partial charge in [-0.15, -0.1) is 22.7 Å². The quantitative estimate of drug-likeness (QED) is 0.596. The highest BCUT2D eigenvalue weighted by atomic mass is 32.1. The van der Waals surface area contributed by atoms with Gasteiger partial charge in [0.15, 0.2) is 0 Å². The van der Waals surface area contributed by atoms with Crippen LogP contribution in [0.3, 0.4) is 0 Å². The van der Waals surface area contributed by atoms with Crippen molar-refractivity contribution in [1.82, 2.24) is 4.98 Å². The molecule has 0 radical (unpaired) electrons. The van der Waals surface area contributed by atoms with Gasteiger partial charge in [-0.25, -0.2) is 4.98 Å². The second-order valence-electron chi connectivity index (χ2n) is 5.37. The van der Waals surface area contributed by atoms with Crippen LogP contribution >= 0.6 is 35.3 Å². The number of benzene rings is 1.